The van der Waals surface area contributed by atoms with Crippen molar-refractivity contribution in [2.45, 2.75) is 13.3 Å². The Morgan fingerprint density at radius 1 is 1.38 bits per heavy atom. The molecule has 21 heavy (non-hydrogen) atoms. The fourth-order valence-electron chi connectivity index (χ4n) is 1.29. The molecule has 0 radical (unpaired) electrons. The summed E-state index contributed by atoms with van der Waals surface area (Å²) in [5.74, 6) is -0.349. The molecule has 0 saturated heterocycles. The number of ether oxygens (including phenoxy) is 1. The minimum Gasteiger partial charge on any atom is -0.466 e. The monoisotopic (exact) mass is 306 g/mol. The van der Waals surface area contributed by atoms with Crippen LogP contribution in [0.5, 0.6) is 0 Å². The van der Waals surface area contributed by atoms with E-state index in [4.69, 9.17) is 0 Å². The Morgan fingerprint density at radius 3 is 2.52 bits per heavy atom. The number of allylic oxidation sites excluding steroid dienone is 5. The van der Waals surface area contributed by atoms with Gasteiger partial charge in [0.2, 0.25) is 0 Å². The normalized spacial score (nSPS) is 12.6. The van der Waals surface area contributed by atoms with E-state index in [9.17, 15) is 4.79 Å². The van der Waals surface area contributed by atoms with Gasteiger partial charge in [0.25, 0.3) is 0 Å². The van der Waals surface area contributed by atoms with Crippen LogP contribution in [0.2, 0.25) is 0 Å². The molecule has 0 aromatic carbocycles. The van der Waals surface area contributed by atoms with Crippen molar-refractivity contribution in [2.75, 3.05) is 14.2 Å². The lowest BCUT2D eigenvalue weighted by atomic mass is 10.1. The number of rotatable bonds is 7. The minimum atomic E-state index is -0.349. The molecule has 0 heterocycles. The zero-order valence-corrected chi connectivity index (χ0v) is 13.6. The van der Waals surface area contributed by atoms with Crippen LogP contribution in [-0.2, 0) is 9.53 Å². The number of nitrogens with one attached hydrogen (secondary N) is 1. The average molecular weight is 306 g/mol. The van der Waals surface area contributed by atoms with E-state index in [-0.39, 0.29) is 5.97 Å². The Hall–Kier alpha value is -2.01. The van der Waals surface area contributed by atoms with E-state index in [0.717, 1.165) is 15.6 Å². The van der Waals surface area contributed by atoms with Crippen LogP contribution in [0, 0.1) is 0 Å². The summed E-state index contributed by atoms with van der Waals surface area (Å²) in [7, 11) is 3.05. The Labute approximate surface area is 131 Å². The zero-order chi connectivity index (χ0) is 16.3. The van der Waals surface area contributed by atoms with Crippen LogP contribution in [0.15, 0.2) is 65.2 Å². The Kier molecular flexibility index (Phi) is 9.71. The molecule has 5 heteroatoms. The smallest absolute Gasteiger partial charge is 0.333 e. The maximum absolute atomic E-state index is 11.3. The molecule has 0 atom stereocenters. The molecular weight excluding hydrogens is 284 g/mol. The van der Waals surface area contributed by atoms with Crippen LogP contribution in [0.3, 0.4) is 0 Å². The first-order valence-corrected chi connectivity index (χ1v) is 7.08. The average Bonchev–Trinajstić information content (AvgIpc) is 2.49. The summed E-state index contributed by atoms with van der Waals surface area (Å²) in [5, 5.41) is 3.65. The number of hydrogen-bond donors (Lipinski definition) is 1. The minimum absolute atomic E-state index is 0.349. The van der Waals surface area contributed by atoms with Gasteiger partial charge in [-0.25, -0.2) is 4.79 Å². The third-order valence-electron chi connectivity index (χ3n) is 2.39. The second-order valence-electron chi connectivity index (χ2n) is 3.98. The molecule has 0 aliphatic rings. The second kappa shape index (κ2) is 10.7. The summed E-state index contributed by atoms with van der Waals surface area (Å²) in [6.07, 6.45) is 7.45. The van der Waals surface area contributed by atoms with Crippen molar-refractivity contribution in [1.29, 1.82) is 0 Å². The van der Waals surface area contributed by atoms with Gasteiger partial charge in [-0.3, -0.25) is 4.99 Å². The Bertz CT molecular complexity index is 502. The van der Waals surface area contributed by atoms with E-state index < -0.39 is 0 Å². The maximum Gasteiger partial charge on any atom is 0.333 e. The second-order valence-corrected chi connectivity index (χ2v) is 5.15. The van der Waals surface area contributed by atoms with Crippen molar-refractivity contribution in [1.82, 2.24) is 5.32 Å². The first-order chi connectivity index (χ1) is 9.98. The fraction of sp³-hybridized carbons (Fsp3) is 0.250. The van der Waals surface area contributed by atoms with Gasteiger partial charge < -0.3 is 10.1 Å². The number of aliphatic imine (C=N–C) groups is 1. The third-order valence-corrected chi connectivity index (χ3v) is 3.31. The Morgan fingerprint density at radius 2 is 2.05 bits per heavy atom. The summed E-state index contributed by atoms with van der Waals surface area (Å²) in [4.78, 5) is 16.3. The van der Waals surface area contributed by atoms with Crippen molar-refractivity contribution in [3.8, 4) is 0 Å². The van der Waals surface area contributed by atoms with Crippen molar-refractivity contribution >= 4 is 22.9 Å². The molecule has 0 aliphatic heterocycles. The third kappa shape index (κ3) is 7.99. The number of nitrogens with zero attached hydrogens (tertiary/aromatic N) is 1. The van der Waals surface area contributed by atoms with E-state index in [1.165, 1.54) is 18.9 Å². The van der Waals surface area contributed by atoms with Gasteiger partial charge >= 0.3 is 5.97 Å². The molecule has 0 amide bonds. The van der Waals surface area contributed by atoms with Gasteiger partial charge in [0.15, 0.2) is 5.17 Å². The first kappa shape index (κ1) is 19.0. The highest BCUT2D eigenvalue weighted by Gasteiger charge is 2.04. The highest BCUT2D eigenvalue weighted by Crippen LogP contribution is 2.23. The summed E-state index contributed by atoms with van der Waals surface area (Å²) in [6, 6.07) is 0. The van der Waals surface area contributed by atoms with Crippen LogP contribution in [0.4, 0.5) is 0 Å². The molecule has 0 bridgehead atoms. The van der Waals surface area contributed by atoms with Crippen LogP contribution in [0.1, 0.15) is 13.3 Å². The molecule has 0 saturated carbocycles. The molecule has 0 spiro atoms. The first-order valence-electron chi connectivity index (χ1n) is 6.26. The van der Waals surface area contributed by atoms with Crippen LogP contribution >= 0.6 is 11.8 Å². The van der Waals surface area contributed by atoms with Gasteiger partial charge in [-0.15, -0.1) is 0 Å². The van der Waals surface area contributed by atoms with Gasteiger partial charge in [-0.2, -0.15) is 0 Å². The standard InChI is InChI=1S/C16H22N2O2S/c1-7-14(10-9-12(3)15(19)20-6)11-13(4)21-16(17-5)18-8-2/h7-10H,1-2,4,11H2,3,5-6H3,(H,17,18)/b12-9+,14-10+. The van der Waals surface area contributed by atoms with Crippen molar-refractivity contribution < 1.29 is 9.53 Å². The number of thioether (sulfide) groups is 1. The van der Waals surface area contributed by atoms with Crippen LogP contribution < -0.4 is 5.32 Å². The molecule has 0 aromatic heterocycles. The highest BCUT2D eigenvalue weighted by atomic mass is 32.2. The van der Waals surface area contributed by atoms with E-state index in [1.54, 1.807) is 32.3 Å². The van der Waals surface area contributed by atoms with Gasteiger partial charge in [0.1, 0.15) is 0 Å². The van der Waals surface area contributed by atoms with Crippen molar-refractivity contribution in [2.24, 2.45) is 4.99 Å². The lowest BCUT2D eigenvalue weighted by Crippen LogP contribution is -2.12. The lowest BCUT2D eigenvalue weighted by Gasteiger charge is -2.08. The van der Waals surface area contributed by atoms with Gasteiger partial charge in [0.05, 0.1) is 7.11 Å². The molecule has 0 aromatic rings. The van der Waals surface area contributed by atoms with Gasteiger partial charge in [-0.05, 0) is 23.6 Å². The topological polar surface area (TPSA) is 50.7 Å². The summed E-state index contributed by atoms with van der Waals surface area (Å²) < 4.78 is 4.64. The molecule has 0 unspecified atom stereocenters. The van der Waals surface area contributed by atoms with E-state index in [0.29, 0.717) is 12.0 Å². The maximum atomic E-state index is 11.3. The number of carbonyl (C=O) groups is 1. The molecule has 0 rings (SSSR count). The number of amidine groups is 1. The molecule has 0 aliphatic carbocycles. The van der Waals surface area contributed by atoms with Crippen molar-refractivity contribution in [3.05, 3.63) is 60.2 Å². The number of hydrogen-bond acceptors (Lipinski definition) is 4. The van der Waals surface area contributed by atoms with Crippen LogP contribution in [-0.4, -0.2) is 25.3 Å². The highest BCUT2D eigenvalue weighted by molar-refractivity contribution is 8.17. The number of methoxy groups -OCH3 is 1. The SMILES string of the molecule is C=CNC(=NC)SC(=C)C/C(C=C)=C/C=C(\C)C(=O)OC. The Balaban J connectivity index is 4.77. The lowest BCUT2D eigenvalue weighted by molar-refractivity contribution is -0.136. The van der Waals surface area contributed by atoms with E-state index in [2.05, 4.69) is 34.8 Å². The predicted molar refractivity (Wildman–Crippen MR) is 92.1 cm³/mol. The predicted octanol–water partition coefficient (Wildman–Crippen LogP) is 3.57. The number of carbonyl (C=O) groups excluding carboxylic acids is 1. The van der Waals surface area contributed by atoms with E-state index >= 15 is 0 Å². The summed E-state index contributed by atoms with van der Waals surface area (Å²) >= 11 is 1.43. The molecular formula is C16H22N2O2S. The quantitative estimate of drug-likeness (QED) is 0.257. The zero-order valence-electron chi connectivity index (χ0n) is 12.8. The summed E-state index contributed by atoms with van der Waals surface area (Å²) in [6.45, 7) is 13.1. The van der Waals surface area contributed by atoms with E-state index in [1.807, 2.05) is 6.08 Å². The molecule has 0 fully saturated rings. The number of esters is 1. The largest absolute Gasteiger partial charge is 0.466 e. The molecule has 1 N–H and O–H groups in total. The molecule has 4 nitrogen and oxygen atoms in total. The van der Waals surface area contributed by atoms with Gasteiger partial charge in [0, 0.05) is 19.0 Å². The van der Waals surface area contributed by atoms with Crippen molar-refractivity contribution in [3.63, 3.8) is 0 Å². The van der Waals surface area contributed by atoms with Crippen LogP contribution in [0.25, 0.3) is 0 Å². The van der Waals surface area contributed by atoms with Gasteiger partial charge in [-0.1, -0.05) is 49.7 Å². The molecule has 114 valence electrons. The fourth-order valence-corrected chi connectivity index (χ4v) is 2.03. The summed E-state index contributed by atoms with van der Waals surface area (Å²) in [5.41, 5.74) is 1.48.